The van der Waals surface area contributed by atoms with Gasteiger partial charge in [0.05, 0.1) is 5.69 Å². The number of carbonyl (C=O) groups is 1. The zero-order chi connectivity index (χ0) is 19.2. The Morgan fingerprint density at radius 2 is 1.82 bits per heavy atom. The fourth-order valence-electron chi connectivity index (χ4n) is 3.38. The van der Waals surface area contributed by atoms with Gasteiger partial charge in [0.15, 0.2) is 5.82 Å². The summed E-state index contributed by atoms with van der Waals surface area (Å²) in [5, 5.41) is 11.7. The van der Waals surface area contributed by atoms with Crippen molar-refractivity contribution in [2.45, 2.75) is 19.4 Å². The van der Waals surface area contributed by atoms with Crippen LogP contribution in [0, 0.1) is 5.92 Å². The second-order valence-corrected chi connectivity index (χ2v) is 6.85. The Kier molecular flexibility index (Phi) is 5.51. The first-order valence-electron chi connectivity index (χ1n) is 9.45. The van der Waals surface area contributed by atoms with Crippen LogP contribution in [0.2, 0.25) is 0 Å². The number of hydrogen-bond donors (Lipinski definition) is 1. The zero-order valence-corrected chi connectivity index (χ0v) is 15.5. The van der Waals surface area contributed by atoms with Crippen LogP contribution < -0.4 is 10.2 Å². The number of aromatic nitrogens is 4. The lowest BCUT2D eigenvalue weighted by Crippen LogP contribution is -2.40. The van der Waals surface area contributed by atoms with Gasteiger partial charge in [-0.2, -0.15) is 0 Å². The summed E-state index contributed by atoms with van der Waals surface area (Å²) in [6.07, 6.45) is 8.62. The molecule has 1 aliphatic rings. The maximum absolute atomic E-state index is 12.4. The van der Waals surface area contributed by atoms with Crippen LogP contribution in [-0.2, 0) is 11.3 Å². The van der Waals surface area contributed by atoms with Crippen molar-refractivity contribution in [1.29, 1.82) is 0 Å². The van der Waals surface area contributed by atoms with E-state index >= 15 is 0 Å². The smallest absolute Gasteiger partial charge is 0.223 e. The fourth-order valence-corrected chi connectivity index (χ4v) is 3.38. The monoisotopic (exact) mass is 374 g/mol. The number of carbonyl (C=O) groups excluding carboxylic acids is 1. The average Bonchev–Trinajstić information content (AvgIpc) is 2.79. The molecule has 3 aromatic heterocycles. The minimum atomic E-state index is 0.0389. The van der Waals surface area contributed by atoms with E-state index in [0.29, 0.717) is 6.54 Å². The minimum Gasteiger partial charge on any atom is -0.355 e. The molecule has 1 saturated heterocycles. The number of hydrogen-bond acceptors (Lipinski definition) is 6. The van der Waals surface area contributed by atoms with E-state index < -0.39 is 0 Å². The number of anilines is 1. The zero-order valence-electron chi connectivity index (χ0n) is 15.5. The number of nitrogens with one attached hydrogen (secondary N) is 1. The van der Waals surface area contributed by atoms with Gasteiger partial charge in [-0.15, -0.1) is 10.2 Å². The molecule has 0 radical (unpaired) electrons. The van der Waals surface area contributed by atoms with E-state index in [2.05, 4.69) is 30.4 Å². The summed E-state index contributed by atoms with van der Waals surface area (Å²) in [6, 6.07) is 11.6. The molecular weight excluding hydrogens is 352 g/mol. The molecule has 0 atom stereocenters. The maximum Gasteiger partial charge on any atom is 0.223 e. The average molecular weight is 374 g/mol. The number of amides is 1. The summed E-state index contributed by atoms with van der Waals surface area (Å²) in [6.45, 7) is 2.12. The first-order chi connectivity index (χ1) is 13.8. The normalized spacial score (nSPS) is 14.6. The second-order valence-electron chi connectivity index (χ2n) is 6.85. The highest BCUT2D eigenvalue weighted by molar-refractivity contribution is 5.79. The highest BCUT2D eigenvalue weighted by Crippen LogP contribution is 2.23. The number of pyridine rings is 2. The lowest BCUT2D eigenvalue weighted by molar-refractivity contribution is -0.125. The van der Waals surface area contributed by atoms with Crippen LogP contribution in [0.5, 0.6) is 0 Å². The molecule has 7 heteroatoms. The fraction of sp³-hybridized carbons (Fsp3) is 0.286. The molecule has 4 rings (SSSR count). The van der Waals surface area contributed by atoms with Crippen molar-refractivity contribution in [2.75, 3.05) is 18.0 Å². The molecule has 4 heterocycles. The topological polar surface area (TPSA) is 83.9 Å². The second kappa shape index (κ2) is 8.56. The van der Waals surface area contributed by atoms with Gasteiger partial charge in [-0.3, -0.25) is 14.8 Å². The minimum absolute atomic E-state index is 0.0389. The maximum atomic E-state index is 12.4. The Labute approximate surface area is 163 Å². The van der Waals surface area contributed by atoms with Crippen LogP contribution in [0.3, 0.4) is 0 Å². The summed E-state index contributed by atoms with van der Waals surface area (Å²) in [4.78, 5) is 22.7. The third-order valence-corrected chi connectivity index (χ3v) is 5.01. The molecule has 1 fully saturated rings. The van der Waals surface area contributed by atoms with Crippen molar-refractivity contribution in [1.82, 2.24) is 25.5 Å². The first kappa shape index (κ1) is 18.0. The molecule has 142 valence electrons. The number of nitrogens with zero attached hydrogens (tertiary/aromatic N) is 5. The molecule has 0 aliphatic carbocycles. The molecule has 0 saturated carbocycles. The van der Waals surface area contributed by atoms with E-state index in [1.54, 1.807) is 24.8 Å². The Hall–Kier alpha value is -3.35. The highest BCUT2D eigenvalue weighted by atomic mass is 16.1. The number of rotatable bonds is 5. The van der Waals surface area contributed by atoms with Gasteiger partial charge in [-0.05, 0) is 48.7 Å². The molecule has 0 spiro atoms. The van der Waals surface area contributed by atoms with Gasteiger partial charge in [0.25, 0.3) is 0 Å². The standard InChI is InChI=1S/C21H22N6O/c28-21(24-15-16-2-1-9-23-14-16)18-7-12-27(13-8-18)20-4-3-19(25-26-20)17-5-10-22-11-6-17/h1-6,9-11,14,18H,7-8,12-13,15H2,(H,24,28). The largest absolute Gasteiger partial charge is 0.355 e. The Balaban J connectivity index is 1.29. The molecule has 7 nitrogen and oxygen atoms in total. The third kappa shape index (κ3) is 4.31. The van der Waals surface area contributed by atoms with E-state index in [0.717, 1.165) is 48.6 Å². The van der Waals surface area contributed by atoms with Crippen molar-refractivity contribution in [2.24, 2.45) is 5.92 Å². The molecule has 0 bridgehead atoms. The predicted octanol–water partition coefficient (Wildman–Crippen LogP) is 2.47. The van der Waals surface area contributed by atoms with Gasteiger partial charge >= 0.3 is 0 Å². The Morgan fingerprint density at radius 3 is 2.50 bits per heavy atom. The van der Waals surface area contributed by atoms with Gasteiger partial charge < -0.3 is 10.2 Å². The lowest BCUT2D eigenvalue weighted by atomic mass is 9.96. The molecule has 0 unspecified atom stereocenters. The molecule has 0 aromatic carbocycles. The van der Waals surface area contributed by atoms with Crippen LogP contribution in [0.1, 0.15) is 18.4 Å². The van der Waals surface area contributed by atoms with Gasteiger partial charge in [0.1, 0.15) is 0 Å². The lowest BCUT2D eigenvalue weighted by Gasteiger charge is -2.31. The Bertz CT molecular complexity index is 893. The molecular formula is C21H22N6O. The molecule has 3 aromatic rings. The quantitative estimate of drug-likeness (QED) is 0.739. The molecule has 1 N–H and O–H groups in total. The van der Waals surface area contributed by atoms with Crippen LogP contribution in [0.4, 0.5) is 5.82 Å². The summed E-state index contributed by atoms with van der Waals surface area (Å²) in [7, 11) is 0. The van der Waals surface area contributed by atoms with E-state index in [9.17, 15) is 4.79 Å². The molecule has 1 aliphatic heterocycles. The van der Waals surface area contributed by atoms with Crippen molar-refractivity contribution < 1.29 is 4.79 Å². The van der Waals surface area contributed by atoms with Crippen LogP contribution in [0.15, 0.2) is 61.2 Å². The summed E-state index contributed by atoms with van der Waals surface area (Å²) in [5.41, 5.74) is 2.84. The van der Waals surface area contributed by atoms with Crippen LogP contribution >= 0.6 is 0 Å². The molecule has 1 amide bonds. The van der Waals surface area contributed by atoms with E-state index in [1.165, 1.54) is 0 Å². The van der Waals surface area contributed by atoms with Gasteiger partial charge in [0, 0.05) is 55.9 Å². The van der Waals surface area contributed by atoms with E-state index in [-0.39, 0.29) is 11.8 Å². The Morgan fingerprint density at radius 1 is 1.00 bits per heavy atom. The predicted molar refractivity (Wildman–Crippen MR) is 106 cm³/mol. The molecule has 28 heavy (non-hydrogen) atoms. The highest BCUT2D eigenvalue weighted by Gasteiger charge is 2.25. The van der Waals surface area contributed by atoms with Gasteiger partial charge in [-0.25, -0.2) is 0 Å². The van der Waals surface area contributed by atoms with Crippen molar-refractivity contribution in [3.05, 3.63) is 66.7 Å². The van der Waals surface area contributed by atoms with Gasteiger partial charge in [-0.1, -0.05) is 6.07 Å². The summed E-state index contributed by atoms with van der Waals surface area (Å²) >= 11 is 0. The SMILES string of the molecule is O=C(NCc1cccnc1)C1CCN(c2ccc(-c3ccncc3)nn2)CC1. The summed E-state index contributed by atoms with van der Waals surface area (Å²) < 4.78 is 0. The third-order valence-electron chi connectivity index (χ3n) is 5.01. The number of piperidine rings is 1. The van der Waals surface area contributed by atoms with Crippen LogP contribution in [-0.4, -0.2) is 39.2 Å². The van der Waals surface area contributed by atoms with Crippen molar-refractivity contribution in [3.8, 4) is 11.3 Å². The van der Waals surface area contributed by atoms with E-state index in [4.69, 9.17) is 0 Å². The van der Waals surface area contributed by atoms with Crippen molar-refractivity contribution in [3.63, 3.8) is 0 Å². The first-order valence-corrected chi connectivity index (χ1v) is 9.45. The van der Waals surface area contributed by atoms with Gasteiger partial charge in [0.2, 0.25) is 5.91 Å². The summed E-state index contributed by atoms with van der Waals surface area (Å²) in [5.74, 6) is 1.01. The van der Waals surface area contributed by atoms with Crippen LogP contribution in [0.25, 0.3) is 11.3 Å². The van der Waals surface area contributed by atoms with E-state index in [1.807, 2.05) is 36.4 Å². The van der Waals surface area contributed by atoms with Crippen molar-refractivity contribution >= 4 is 11.7 Å².